The average molecular weight is 589 g/mol. The van der Waals surface area contributed by atoms with Gasteiger partial charge in [0, 0.05) is 37.4 Å². The Kier molecular flexibility index (Phi) is 10.1. The fraction of sp³-hybridized carbons (Fsp3) is 0.452. The lowest BCUT2D eigenvalue weighted by Crippen LogP contribution is -2.37. The van der Waals surface area contributed by atoms with Crippen LogP contribution in [0.5, 0.6) is 11.5 Å². The number of rotatable bonds is 10. The van der Waals surface area contributed by atoms with Crippen molar-refractivity contribution in [2.45, 2.75) is 70.4 Å². The second-order valence-corrected chi connectivity index (χ2v) is 10.6. The minimum Gasteiger partial charge on any atom is -0.489 e. The topological polar surface area (TPSA) is 100 Å². The SMILES string of the molecule is C1CCOC1.COCc1nc(-c2ccc(C(F)(F)F)cc2)nc(C2CC2)c1COc1ccc(OC(C)(C)C(=O)O)cc1. The Morgan fingerprint density at radius 3 is 2.07 bits per heavy atom. The first-order chi connectivity index (χ1) is 20.0. The van der Waals surface area contributed by atoms with E-state index in [1.54, 1.807) is 31.4 Å². The predicted molar refractivity (Wildman–Crippen MR) is 148 cm³/mol. The van der Waals surface area contributed by atoms with Crippen molar-refractivity contribution in [1.82, 2.24) is 9.97 Å². The second kappa shape index (κ2) is 13.5. The number of benzene rings is 2. The minimum absolute atomic E-state index is 0.165. The highest BCUT2D eigenvalue weighted by Gasteiger charge is 2.32. The molecule has 11 heteroatoms. The number of aliphatic carboxylic acids is 1. The van der Waals surface area contributed by atoms with Gasteiger partial charge in [0.1, 0.15) is 18.1 Å². The van der Waals surface area contributed by atoms with Crippen molar-refractivity contribution < 1.29 is 42.0 Å². The smallest absolute Gasteiger partial charge is 0.416 e. The number of carbonyl (C=O) groups is 1. The molecule has 0 amide bonds. The van der Waals surface area contributed by atoms with Gasteiger partial charge in [0.25, 0.3) is 0 Å². The molecule has 0 unspecified atom stereocenters. The molecular formula is C31H35F3N2O6. The fourth-order valence-electron chi connectivity index (χ4n) is 4.20. The summed E-state index contributed by atoms with van der Waals surface area (Å²) < 4.78 is 60.7. The third-order valence-electron chi connectivity index (χ3n) is 6.76. The van der Waals surface area contributed by atoms with Crippen LogP contribution in [0.2, 0.25) is 0 Å². The first-order valence-corrected chi connectivity index (χ1v) is 13.8. The molecule has 0 spiro atoms. The Balaban J connectivity index is 0.000000732. The standard InChI is InChI=1S/C27H27F3N2O5.C4H8O/c1-26(2,25(33)34)37-20-12-10-19(11-13-20)36-14-21-22(15-35-3)31-24(32-23(21)16-4-5-16)17-6-8-18(9-7-17)27(28,29)30;1-2-4-5-3-1/h6-13,16H,4-5,14-15H2,1-3H3,(H,33,34);1-4H2. The van der Waals surface area contributed by atoms with Gasteiger partial charge in [0.15, 0.2) is 11.4 Å². The molecule has 1 aliphatic heterocycles. The molecule has 2 aromatic carbocycles. The summed E-state index contributed by atoms with van der Waals surface area (Å²) in [6.45, 7) is 5.28. The highest BCUT2D eigenvalue weighted by atomic mass is 19.4. The van der Waals surface area contributed by atoms with E-state index in [1.807, 2.05) is 0 Å². The third-order valence-corrected chi connectivity index (χ3v) is 6.76. The van der Waals surface area contributed by atoms with E-state index in [0.29, 0.717) is 28.6 Å². The van der Waals surface area contributed by atoms with Crippen LogP contribution in [0.4, 0.5) is 13.2 Å². The van der Waals surface area contributed by atoms with Crippen LogP contribution < -0.4 is 9.47 Å². The van der Waals surface area contributed by atoms with Crippen molar-refractivity contribution in [2.24, 2.45) is 0 Å². The van der Waals surface area contributed by atoms with E-state index in [2.05, 4.69) is 4.98 Å². The largest absolute Gasteiger partial charge is 0.489 e. The highest BCUT2D eigenvalue weighted by Crippen LogP contribution is 2.42. The lowest BCUT2D eigenvalue weighted by atomic mass is 10.1. The quantitative estimate of drug-likeness (QED) is 0.276. The minimum atomic E-state index is -4.42. The maximum atomic E-state index is 13.0. The Labute approximate surface area is 242 Å². The van der Waals surface area contributed by atoms with Gasteiger partial charge in [-0.25, -0.2) is 14.8 Å². The van der Waals surface area contributed by atoms with Crippen LogP contribution >= 0.6 is 0 Å². The van der Waals surface area contributed by atoms with Crippen LogP contribution in [-0.4, -0.2) is 47.0 Å². The molecule has 42 heavy (non-hydrogen) atoms. The van der Waals surface area contributed by atoms with Gasteiger partial charge in [-0.1, -0.05) is 12.1 Å². The van der Waals surface area contributed by atoms with Gasteiger partial charge in [-0.15, -0.1) is 0 Å². The fourth-order valence-corrected chi connectivity index (χ4v) is 4.20. The number of halogens is 3. The highest BCUT2D eigenvalue weighted by molar-refractivity contribution is 5.76. The number of hydrogen-bond donors (Lipinski definition) is 1. The first-order valence-electron chi connectivity index (χ1n) is 13.8. The van der Waals surface area contributed by atoms with Crippen molar-refractivity contribution in [3.63, 3.8) is 0 Å². The van der Waals surface area contributed by atoms with Gasteiger partial charge >= 0.3 is 12.1 Å². The summed E-state index contributed by atoms with van der Waals surface area (Å²) in [5.41, 5.74) is 0.580. The number of aromatic nitrogens is 2. The van der Waals surface area contributed by atoms with Gasteiger partial charge in [-0.2, -0.15) is 13.2 Å². The molecule has 0 bridgehead atoms. The number of nitrogens with zero attached hydrogens (tertiary/aromatic N) is 2. The van der Waals surface area contributed by atoms with Crippen LogP contribution in [-0.2, 0) is 33.7 Å². The zero-order valence-electron chi connectivity index (χ0n) is 23.9. The summed E-state index contributed by atoms with van der Waals surface area (Å²) in [5, 5.41) is 9.23. The average Bonchev–Trinajstić information content (AvgIpc) is 3.61. The summed E-state index contributed by atoms with van der Waals surface area (Å²) in [7, 11) is 1.54. The zero-order valence-corrected chi connectivity index (χ0v) is 23.9. The van der Waals surface area contributed by atoms with Gasteiger partial charge in [-0.05, 0) is 75.9 Å². The molecule has 2 fully saturated rings. The molecule has 0 atom stereocenters. The van der Waals surface area contributed by atoms with Crippen LogP contribution in [0, 0.1) is 0 Å². The monoisotopic (exact) mass is 588 g/mol. The Hall–Kier alpha value is -3.70. The van der Waals surface area contributed by atoms with Crippen LogP contribution in [0.25, 0.3) is 11.4 Å². The molecule has 8 nitrogen and oxygen atoms in total. The van der Waals surface area contributed by atoms with Gasteiger partial charge in [0.05, 0.1) is 23.6 Å². The molecule has 2 heterocycles. The van der Waals surface area contributed by atoms with Crippen molar-refractivity contribution in [2.75, 3.05) is 20.3 Å². The molecule has 1 saturated heterocycles. The van der Waals surface area contributed by atoms with Crippen LogP contribution in [0.15, 0.2) is 48.5 Å². The van der Waals surface area contributed by atoms with Crippen LogP contribution in [0.3, 0.4) is 0 Å². The Morgan fingerprint density at radius 1 is 0.952 bits per heavy atom. The first kappa shape index (κ1) is 31.2. The Morgan fingerprint density at radius 2 is 1.57 bits per heavy atom. The molecule has 2 aliphatic rings. The molecule has 1 saturated carbocycles. The normalized spacial score (nSPS) is 15.1. The summed E-state index contributed by atoms with van der Waals surface area (Å²) in [5.74, 6) is 0.416. The Bertz CT molecular complexity index is 1330. The van der Waals surface area contributed by atoms with Gasteiger partial charge in [-0.3, -0.25) is 0 Å². The summed E-state index contributed by atoms with van der Waals surface area (Å²) >= 11 is 0. The summed E-state index contributed by atoms with van der Waals surface area (Å²) in [4.78, 5) is 20.6. The number of ether oxygens (including phenoxy) is 4. The van der Waals surface area contributed by atoms with E-state index in [4.69, 9.17) is 23.9 Å². The number of carboxylic acids is 1. The predicted octanol–water partition coefficient (Wildman–Crippen LogP) is 6.80. The lowest BCUT2D eigenvalue weighted by molar-refractivity contribution is -0.152. The van der Waals surface area contributed by atoms with E-state index in [9.17, 15) is 23.1 Å². The van der Waals surface area contributed by atoms with Crippen molar-refractivity contribution in [3.05, 3.63) is 71.0 Å². The molecular weight excluding hydrogens is 553 g/mol. The van der Waals surface area contributed by atoms with Crippen LogP contribution in [0.1, 0.15) is 68.0 Å². The van der Waals surface area contributed by atoms with Gasteiger partial charge < -0.3 is 24.1 Å². The van der Waals surface area contributed by atoms with Gasteiger partial charge in [0.2, 0.25) is 0 Å². The number of alkyl halides is 3. The molecule has 226 valence electrons. The summed E-state index contributed by atoms with van der Waals surface area (Å²) in [6, 6.07) is 11.4. The van der Waals surface area contributed by atoms with E-state index in [1.165, 1.54) is 38.8 Å². The van der Waals surface area contributed by atoms with E-state index < -0.39 is 23.3 Å². The number of carboxylic acid groups (broad SMARTS) is 1. The molecule has 5 rings (SSSR count). The lowest BCUT2D eigenvalue weighted by Gasteiger charge is -2.21. The second-order valence-electron chi connectivity index (χ2n) is 10.6. The molecule has 1 aromatic heterocycles. The van der Waals surface area contributed by atoms with E-state index in [0.717, 1.165) is 49.4 Å². The van der Waals surface area contributed by atoms with Crippen molar-refractivity contribution >= 4 is 5.97 Å². The molecule has 3 aromatic rings. The van der Waals surface area contributed by atoms with Crippen molar-refractivity contribution in [3.8, 4) is 22.9 Å². The van der Waals surface area contributed by atoms with Crippen molar-refractivity contribution in [1.29, 1.82) is 0 Å². The molecule has 0 radical (unpaired) electrons. The maximum Gasteiger partial charge on any atom is 0.416 e. The number of methoxy groups -OCH3 is 1. The molecule has 1 aliphatic carbocycles. The summed E-state index contributed by atoms with van der Waals surface area (Å²) in [6.07, 6.45) is 0.0420. The third kappa shape index (κ3) is 8.42. The maximum absolute atomic E-state index is 13.0. The number of hydrogen-bond acceptors (Lipinski definition) is 7. The van der Waals surface area contributed by atoms with E-state index >= 15 is 0 Å². The zero-order chi connectivity index (χ0) is 30.3. The van der Waals surface area contributed by atoms with E-state index in [-0.39, 0.29) is 19.1 Å². The molecule has 1 N–H and O–H groups in total.